The van der Waals surface area contributed by atoms with Gasteiger partial charge in [0.1, 0.15) is 11.9 Å². The predicted molar refractivity (Wildman–Crippen MR) is 91.2 cm³/mol. The van der Waals surface area contributed by atoms with Crippen molar-refractivity contribution in [1.29, 1.82) is 5.26 Å². The van der Waals surface area contributed by atoms with Gasteiger partial charge < -0.3 is 5.84 Å². The van der Waals surface area contributed by atoms with E-state index < -0.39 is 0 Å². The number of imidazole rings is 1. The van der Waals surface area contributed by atoms with Gasteiger partial charge in [0.2, 0.25) is 5.16 Å². The molecule has 2 N–H and O–H groups in total. The third-order valence-corrected chi connectivity index (χ3v) is 4.85. The maximum Gasteiger partial charge on any atom is 0.216 e. The van der Waals surface area contributed by atoms with Gasteiger partial charge in [-0.3, -0.25) is 4.40 Å². The summed E-state index contributed by atoms with van der Waals surface area (Å²) in [5.74, 6) is 6.60. The van der Waals surface area contributed by atoms with Crippen LogP contribution in [0, 0.1) is 25.2 Å². The van der Waals surface area contributed by atoms with Gasteiger partial charge in [-0.2, -0.15) is 5.26 Å². The van der Waals surface area contributed by atoms with E-state index in [0.29, 0.717) is 22.2 Å². The van der Waals surface area contributed by atoms with Crippen LogP contribution in [0.4, 0.5) is 0 Å². The average molecular weight is 335 g/mol. The Morgan fingerprint density at radius 1 is 1.21 bits per heavy atom. The number of nitrogen functional groups attached to an aromatic ring is 1. The third kappa shape index (κ3) is 2.02. The highest BCUT2D eigenvalue weighted by Crippen LogP contribution is 2.32. The zero-order chi connectivity index (χ0) is 16.8. The first kappa shape index (κ1) is 14.5. The highest BCUT2D eigenvalue weighted by molar-refractivity contribution is 7.99. The normalized spacial score (nSPS) is 11.2. The average Bonchev–Trinajstić information content (AvgIpc) is 3.10. The molecule has 24 heavy (non-hydrogen) atoms. The fourth-order valence-electron chi connectivity index (χ4n) is 2.64. The Hall–Kier alpha value is -3.05. The molecule has 0 fully saturated rings. The Balaban J connectivity index is 2.04. The molecule has 0 amide bonds. The first-order valence-corrected chi connectivity index (χ1v) is 8.07. The van der Waals surface area contributed by atoms with E-state index in [0.717, 1.165) is 21.6 Å². The fraction of sp³-hybridized carbons (Fsp3) is 0.125. The van der Waals surface area contributed by atoms with Gasteiger partial charge in [-0.25, -0.2) is 9.66 Å². The lowest BCUT2D eigenvalue weighted by Gasteiger charge is -2.09. The Bertz CT molecular complexity index is 1130. The highest BCUT2D eigenvalue weighted by Gasteiger charge is 2.17. The van der Waals surface area contributed by atoms with Crippen molar-refractivity contribution in [1.82, 2.24) is 24.3 Å². The first-order chi connectivity index (χ1) is 11.6. The molecule has 0 aliphatic rings. The largest absolute Gasteiger partial charge is 0.336 e. The molecule has 3 heterocycles. The maximum absolute atomic E-state index is 9.51. The lowest BCUT2D eigenvalue weighted by molar-refractivity contribution is 0.822. The van der Waals surface area contributed by atoms with Crippen LogP contribution in [0.15, 0.2) is 40.5 Å². The second kappa shape index (κ2) is 5.25. The molecule has 4 aromatic rings. The first-order valence-electron chi connectivity index (χ1n) is 7.26. The van der Waals surface area contributed by atoms with Crippen LogP contribution in [-0.4, -0.2) is 24.3 Å². The molecule has 0 aliphatic carbocycles. The van der Waals surface area contributed by atoms with Gasteiger partial charge in [-0.15, -0.1) is 10.2 Å². The predicted octanol–water partition coefficient (Wildman–Crippen LogP) is 2.43. The molecule has 118 valence electrons. The number of hydrogen-bond acceptors (Lipinski definition) is 6. The van der Waals surface area contributed by atoms with Crippen LogP contribution in [0.1, 0.15) is 17.0 Å². The molecule has 0 spiro atoms. The summed E-state index contributed by atoms with van der Waals surface area (Å²) >= 11 is 1.40. The van der Waals surface area contributed by atoms with Gasteiger partial charge in [-0.05, 0) is 49.4 Å². The summed E-state index contributed by atoms with van der Waals surface area (Å²) in [6.07, 6.45) is 0. The molecular formula is C16H13N7S. The Kier molecular flexibility index (Phi) is 3.18. The lowest BCUT2D eigenvalue weighted by Crippen LogP contribution is -2.11. The van der Waals surface area contributed by atoms with Crippen LogP contribution in [0.2, 0.25) is 0 Å². The van der Waals surface area contributed by atoms with E-state index in [-0.39, 0.29) is 0 Å². The summed E-state index contributed by atoms with van der Waals surface area (Å²) in [5, 5.41) is 19.1. The van der Waals surface area contributed by atoms with Gasteiger partial charge in [0.15, 0.2) is 5.65 Å². The molecule has 0 bridgehead atoms. The summed E-state index contributed by atoms with van der Waals surface area (Å²) in [7, 11) is 0. The molecule has 0 atom stereocenters. The molecule has 7 nitrogen and oxygen atoms in total. The molecule has 1 aromatic carbocycles. The molecule has 8 heteroatoms. The summed E-state index contributed by atoms with van der Waals surface area (Å²) in [4.78, 5) is 4.63. The number of pyridine rings is 1. The molecule has 0 radical (unpaired) electrons. The maximum atomic E-state index is 9.51. The second-order valence-electron chi connectivity index (χ2n) is 5.41. The van der Waals surface area contributed by atoms with E-state index in [1.165, 1.54) is 16.4 Å². The van der Waals surface area contributed by atoms with Crippen molar-refractivity contribution in [2.24, 2.45) is 0 Å². The van der Waals surface area contributed by atoms with E-state index >= 15 is 0 Å². The van der Waals surface area contributed by atoms with Crippen molar-refractivity contribution in [3.63, 3.8) is 0 Å². The molecule has 0 saturated heterocycles. The molecule has 3 aromatic heterocycles. The number of benzene rings is 1. The topological polar surface area (TPSA) is 97.8 Å². The summed E-state index contributed by atoms with van der Waals surface area (Å²) in [6.45, 7) is 3.70. The number of hydrogen-bond donors (Lipinski definition) is 1. The Morgan fingerprint density at radius 3 is 2.71 bits per heavy atom. The highest BCUT2D eigenvalue weighted by atomic mass is 32.2. The Labute approximate surface area is 141 Å². The number of aryl methyl sites for hydroxylation is 2. The molecule has 0 saturated carbocycles. The van der Waals surface area contributed by atoms with Gasteiger partial charge in [-0.1, -0.05) is 12.1 Å². The quantitative estimate of drug-likeness (QED) is 0.565. The van der Waals surface area contributed by atoms with Crippen molar-refractivity contribution in [3.05, 3.63) is 47.3 Å². The molecule has 0 aliphatic heterocycles. The lowest BCUT2D eigenvalue weighted by atomic mass is 10.2. The minimum atomic E-state index is 0.570. The number of fused-ring (bicyclic) bond motifs is 3. The van der Waals surface area contributed by atoms with Gasteiger partial charge in [0, 0.05) is 0 Å². The zero-order valence-corrected chi connectivity index (χ0v) is 13.9. The Morgan fingerprint density at radius 2 is 2.00 bits per heavy atom. The number of para-hydroxylation sites is 2. The van der Waals surface area contributed by atoms with Crippen LogP contribution in [-0.2, 0) is 0 Å². The van der Waals surface area contributed by atoms with E-state index in [4.69, 9.17) is 5.84 Å². The molecule has 0 unspecified atom stereocenters. The van der Waals surface area contributed by atoms with Crippen LogP contribution < -0.4 is 5.84 Å². The fourth-order valence-corrected chi connectivity index (χ4v) is 3.65. The zero-order valence-electron chi connectivity index (χ0n) is 13.1. The van der Waals surface area contributed by atoms with E-state index in [9.17, 15) is 5.26 Å². The van der Waals surface area contributed by atoms with Crippen molar-refractivity contribution >= 4 is 28.4 Å². The van der Waals surface area contributed by atoms with Gasteiger partial charge in [0.25, 0.3) is 0 Å². The van der Waals surface area contributed by atoms with Crippen molar-refractivity contribution in [2.45, 2.75) is 24.0 Å². The monoisotopic (exact) mass is 335 g/mol. The van der Waals surface area contributed by atoms with Crippen LogP contribution in [0.3, 0.4) is 0 Å². The summed E-state index contributed by atoms with van der Waals surface area (Å²) < 4.78 is 3.42. The number of nitriles is 1. The van der Waals surface area contributed by atoms with Crippen LogP contribution >= 0.6 is 11.8 Å². The second-order valence-corrected chi connectivity index (χ2v) is 6.40. The number of nitrogens with zero attached hydrogens (tertiary/aromatic N) is 6. The minimum absolute atomic E-state index is 0.570. The van der Waals surface area contributed by atoms with E-state index in [1.807, 2.05) is 41.7 Å². The number of rotatable bonds is 2. The van der Waals surface area contributed by atoms with Gasteiger partial charge in [0.05, 0.1) is 21.6 Å². The van der Waals surface area contributed by atoms with Gasteiger partial charge >= 0.3 is 0 Å². The van der Waals surface area contributed by atoms with E-state index in [2.05, 4.69) is 21.3 Å². The third-order valence-electron chi connectivity index (χ3n) is 3.88. The standard InChI is InChI=1S/C16H13N7S/c1-9-7-14(24-16-21-20-10(2)23(16)18)22-13-6-4-3-5-12(13)19-15(22)11(9)8-17/h3-7H,18H2,1-2H3. The van der Waals surface area contributed by atoms with Crippen molar-refractivity contribution in [3.8, 4) is 6.07 Å². The summed E-state index contributed by atoms with van der Waals surface area (Å²) in [6, 6.07) is 12.0. The van der Waals surface area contributed by atoms with Crippen molar-refractivity contribution in [2.75, 3.05) is 5.84 Å². The SMILES string of the molecule is Cc1cc(Sc2nnc(C)n2N)n2c(nc3ccccc32)c1C#N. The van der Waals surface area contributed by atoms with Crippen molar-refractivity contribution < 1.29 is 0 Å². The van der Waals surface area contributed by atoms with Crippen LogP contribution in [0.25, 0.3) is 16.7 Å². The summed E-state index contributed by atoms with van der Waals surface area (Å²) in [5.41, 5.74) is 3.85. The van der Waals surface area contributed by atoms with Crippen LogP contribution in [0.5, 0.6) is 0 Å². The minimum Gasteiger partial charge on any atom is -0.336 e. The number of aromatic nitrogens is 5. The smallest absolute Gasteiger partial charge is 0.216 e. The molecular weight excluding hydrogens is 322 g/mol. The molecule has 4 rings (SSSR count). The van der Waals surface area contributed by atoms with E-state index in [1.54, 1.807) is 6.92 Å². The number of nitrogens with two attached hydrogens (primary N) is 1.